The molecule has 0 saturated heterocycles. The minimum Gasteiger partial charge on any atom is -0.484 e. The Morgan fingerprint density at radius 2 is 2.00 bits per heavy atom. The first-order chi connectivity index (χ1) is 11.3. The van der Waals surface area contributed by atoms with Crippen molar-refractivity contribution in [2.75, 3.05) is 6.61 Å². The Hall–Kier alpha value is -2.84. The van der Waals surface area contributed by atoms with Gasteiger partial charge in [-0.05, 0) is 19.1 Å². The van der Waals surface area contributed by atoms with Gasteiger partial charge in [-0.15, -0.1) is 0 Å². The SMILES string of the molecule is CC(=O)OC[C@H]1OC=C([N+](=O)[O-])[C@@H](c2ccc(C)o2)[C@@H]1OC(C)=O. The standard InChI is InChI=1S/C15H17NO8/c1-8-4-5-12(23-8)14-11(16(19)20)6-22-13(7-21-9(2)17)15(14)24-10(3)18/h4-6,13-15H,7H2,1-3H3/t13-,14+,15-/m1/s1. The van der Waals surface area contributed by atoms with Crippen molar-refractivity contribution in [3.8, 4) is 0 Å². The summed E-state index contributed by atoms with van der Waals surface area (Å²) in [6.07, 6.45) is -0.994. The van der Waals surface area contributed by atoms with Gasteiger partial charge in [0.2, 0.25) is 0 Å². The molecule has 0 unspecified atom stereocenters. The van der Waals surface area contributed by atoms with E-state index in [-0.39, 0.29) is 18.1 Å². The Balaban J connectivity index is 2.41. The first-order valence-electron chi connectivity index (χ1n) is 7.16. The molecule has 0 aromatic carbocycles. The largest absolute Gasteiger partial charge is 0.484 e. The summed E-state index contributed by atoms with van der Waals surface area (Å²) in [6, 6.07) is 3.22. The average molecular weight is 339 g/mol. The number of esters is 2. The Kier molecular flexibility index (Phi) is 5.22. The van der Waals surface area contributed by atoms with Gasteiger partial charge in [-0.2, -0.15) is 0 Å². The molecule has 1 aromatic rings. The molecule has 9 nitrogen and oxygen atoms in total. The topological polar surface area (TPSA) is 118 Å². The molecule has 3 atom stereocenters. The van der Waals surface area contributed by atoms with Gasteiger partial charge < -0.3 is 18.6 Å². The van der Waals surface area contributed by atoms with Crippen LogP contribution in [0.15, 0.2) is 28.5 Å². The van der Waals surface area contributed by atoms with E-state index in [9.17, 15) is 19.7 Å². The highest BCUT2D eigenvalue weighted by Crippen LogP contribution is 2.37. The minimum absolute atomic E-state index is 0.217. The molecule has 0 N–H and O–H groups in total. The van der Waals surface area contributed by atoms with Gasteiger partial charge in [0.05, 0.1) is 4.92 Å². The van der Waals surface area contributed by atoms with Crippen LogP contribution in [-0.2, 0) is 23.8 Å². The molecule has 0 aliphatic carbocycles. The van der Waals surface area contributed by atoms with Crippen LogP contribution >= 0.6 is 0 Å². The number of carbonyl (C=O) groups is 2. The van der Waals surface area contributed by atoms with Crippen molar-refractivity contribution in [2.24, 2.45) is 0 Å². The van der Waals surface area contributed by atoms with Gasteiger partial charge in [0.1, 0.15) is 18.1 Å². The van der Waals surface area contributed by atoms with E-state index in [2.05, 4.69) is 0 Å². The normalized spacial score (nSPS) is 23.0. The van der Waals surface area contributed by atoms with E-state index in [0.29, 0.717) is 5.76 Å². The zero-order chi connectivity index (χ0) is 17.9. The molecule has 2 heterocycles. The first kappa shape index (κ1) is 17.5. The third-order valence-corrected chi connectivity index (χ3v) is 3.41. The van der Waals surface area contributed by atoms with Crippen LogP contribution in [0, 0.1) is 17.0 Å². The predicted molar refractivity (Wildman–Crippen MR) is 78.3 cm³/mol. The summed E-state index contributed by atoms with van der Waals surface area (Å²) in [5.41, 5.74) is -0.310. The van der Waals surface area contributed by atoms with Crippen molar-refractivity contribution in [3.63, 3.8) is 0 Å². The van der Waals surface area contributed by atoms with Gasteiger partial charge in [-0.1, -0.05) is 0 Å². The van der Waals surface area contributed by atoms with E-state index >= 15 is 0 Å². The maximum absolute atomic E-state index is 11.4. The lowest BCUT2D eigenvalue weighted by Crippen LogP contribution is -2.44. The molecular weight excluding hydrogens is 322 g/mol. The van der Waals surface area contributed by atoms with Crippen molar-refractivity contribution in [1.82, 2.24) is 0 Å². The predicted octanol–water partition coefficient (Wildman–Crippen LogP) is 1.68. The highest BCUT2D eigenvalue weighted by Gasteiger charge is 2.47. The van der Waals surface area contributed by atoms with E-state index < -0.39 is 35.0 Å². The third kappa shape index (κ3) is 3.92. The minimum atomic E-state index is -1.07. The van der Waals surface area contributed by atoms with Gasteiger partial charge in [0.15, 0.2) is 24.4 Å². The Bertz CT molecular complexity index is 677. The van der Waals surface area contributed by atoms with Crippen LogP contribution in [0.5, 0.6) is 0 Å². The molecular formula is C15H17NO8. The molecule has 9 heteroatoms. The van der Waals surface area contributed by atoms with Crippen LogP contribution in [0.2, 0.25) is 0 Å². The number of ether oxygens (including phenoxy) is 3. The smallest absolute Gasteiger partial charge is 0.303 e. The lowest BCUT2D eigenvalue weighted by Gasteiger charge is -2.32. The second-order valence-corrected chi connectivity index (χ2v) is 5.28. The maximum atomic E-state index is 11.4. The fourth-order valence-electron chi connectivity index (χ4n) is 2.44. The molecule has 1 aromatic heterocycles. The second kappa shape index (κ2) is 7.16. The number of nitrogens with zero attached hydrogens (tertiary/aromatic N) is 1. The summed E-state index contributed by atoms with van der Waals surface area (Å²) in [5, 5.41) is 11.3. The highest BCUT2D eigenvalue weighted by molar-refractivity contribution is 5.67. The monoisotopic (exact) mass is 339 g/mol. The molecule has 0 radical (unpaired) electrons. The number of nitro groups is 1. The number of hydrogen-bond acceptors (Lipinski definition) is 8. The molecule has 0 spiro atoms. The molecule has 0 fully saturated rings. The molecule has 2 rings (SSSR count). The van der Waals surface area contributed by atoms with Crippen molar-refractivity contribution in [1.29, 1.82) is 0 Å². The van der Waals surface area contributed by atoms with Crippen LogP contribution in [-0.4, -0.2) is 35.7 Å². The highest BCUT2D eigenvalue weighted by atomic mass is 16.6. The lowest BCUT2D eigenvalue weighted by molar-refractivity contribution is -0.437. The first-order valence-corrected chi connectivity index (χ1v) is 7.16. The van der Waals surface area contributed by atoms with E-state index in [4.69, 9.17) is 18.6 Å². The lowest BCUT2D eigenvalue weighted by atomic mass is 9.90. The second-order valence-electron chi connectivity index (χ2n) is 5.28. The zero-order valence-electron chi connectivity index (χ0n) is 13.4. The van der Waals surface area contributed by atoms with E-state index in [1.165, 1.54) is 13.8 Å². The molecule has 1 aliphatic heterocycles. The van der Waals surface area contributed by atoms with Crippen LogP contribution < -0.4 is 0 Å². The van der Waals surface area contributed by atoms with Crippen molar-refractivity contribution >= 4 is 11.9 Å². The Labute approximate surface area is 137 Å². The fourth-order valence-corrected chi connectivity index (χ4v) is 2.44. The quantitative estimate of drug-likeness (QED) is 0.452. The maximum Gasteiger partial charge on any atom is 0.303 e. The third-order valence-electron chi connectivity index (χ3n) is 3.41. The molecule has 130 valence electrons. The van der Waals surface area contributed by atoms with Crippen LogP contribution in [0.4, 0.5) is 0 Å². The number of furan rings is 1. The van der Waals surface area contributed by atoms with Gasteiger partial charge in [-0.3, -0.25) is 19.7 Å². The summed E-state index contributed by atoms with van der Waals surface area (Å²) in [5.74, 6) is -1.36. The van der Waals surface area contributed by atoms with Gasteiger partial charge >= 0.3 is 11.9 Å². The number of rotatable bonds is 5. The van der Waals surface area contributed by atoms with E-state index in [0.717, 1.165) is 6.26 Å². The Morgan fingerprint density at radius 1 is 1.29 bits per heavy atom. The number of hydrogen-bond donors (Lipinski definition) is 0. The number of carbonyl (C=O) groups excluding carboxylic acids is 2. The van der Waals surface area contributed by atoms with Crippen molar-refractivity contribution in [2.45, 2.75) is 38.9 Å². The van der Waals surface area contributed by atoms with E-state index in [1.807, 2.05) is 0 Å². The molecule has 0 saturated carbocycles. The molecule has 0 amide bonds. The van der Waals surface area contributed by atoms with Gasteiger partial charge in [0, 0.05) is 13.8 Å². The van der Waals surface area contributed by atoms with Crippen LogP contribution in [0.1, 0.15) is 31.3 Å². The van der Waals surface area contributed by atoms with Gasteiger partial charge in [0.25, 0.3) is 5.70 Å². The van der Waals surface area contributed by atoms with Crippen molar-refractivity contribution < 1.29 is 33.1 Å². The molecule has 24 heavy (non-hydrogen) atoms. The summed E-state index contributed by atoms with van der Waals surface area (Å²) < 4.78 is 20.9. The fraction of sp³-hybridized carbons (Fsp3) is 0.467. The summed E-state index contributed by atoms with van der Waals surface area (Å²) in [4.78, 5) is 33.2. The van der Waals surface area contributed by atoms with Crippen LogP contribution in [0.3, 0.4) is 0 Å². The van der Waals surface area contributed by atoms with Crippen LogP contribution in [0.25, 0.3) is 0 Å². The summed E-state index contributed by atoms with van der Waals surface area (Å²) >= 11 is 0. The average Bonchev–Trinajstić information content (AvgIpc) is 2.90. The van der Waals surface area contributed by atoms with E-state index in [1.54, 1.807) is 19.1 Å². The molecule has 1 aliphatic rings. The van der Waals surface area contributed by atoms with Crippen molar-refractivity contribution in [3.05, 3.63) is 45.7 Å². The zero-order valence-corrected chi connectivity index (χ0v) is 13.4. The van der Waals surface area contributed by atoms with Gasteiger partial charge in [-0.25, -0.2) is 0 Å². The Morgan fingerprint density at radius 3 is 2.50 bits per heavy atom. The summed E-state index contributed by atoms with van der Waals surface area (Å²) in [7, 11) is 0. The summed E-state index contributed by atoms with van der Waals surface area (Å²) in [6.45, 7) is 3.87. The number of aryl methyl sites for hydroxylation is 1. The molecule has 0 bridgehead atoms.